The van der Waals surface area contributed by atoms with Crippen LogP contribution in [-0.2, 0) is 22.5 Å². The fourth-order valence-corrected chi connectivity index (χ4v) is 1.63. The second-order valence-electron chi connectivity index (χ2n) is 4.30. The normalized spacial score (nSPS) is 9.80. The van der Waals surface area contributed by atoms with Crippen molar-refractivity contribution in [1.29, 1.82) is 0 Å². The van der Waals surface area contributed by atoms with Gasteiger partial charge in [0.2, 0.25) is 0 Å². The number of aliphatic carboxylic acids is 1. The molecule has 20 heavy (non-hydrogen) atoms. The summed E-state index contributed by atoms with van der Waals surface area (Å²) in [4.78, 5) is 21.6. The largest absolute Gasteiger partial charge is 0.481 e. The van der Waals surface area contributed by atoms with Crippen molar-refractivity contribution in [3.05, 3.63) is 48.0 Å². The number of ether oxygens (including phenoxy) is 1. The number of nitrogens with one attached hydrogen (secondary N) is 1. The zero-order valence-corrected chi connectivity index (χ0v) is 11.3. The third-order valence-corrected chi connectivity index (χ3v) is 2.65. The van der Waals surface area contributed by atoms with Crippen molar-refractivity contribution in [3.63, 3.8) is 0 Å². The van der Waals surface area contributed by atoms with E-state index >= 15 is 0 Å². The molecule has 108 valence electrons. The Hall–Kier alpha value is -2.30. The van der Waals surface area contributed by atoms with Gasteiger partial charge in [-0.05, 0) is 24.0 Å². The molecule has 0 unspecified atom stereocenters. The molecule has 0 aliphatic carbocycles. The van der Waals surface area contributed by atoms with Crippen LogP contribution in [0.4, 0.5) is 4.79 Å². The number of aryl methyl sites for hydroxylation is 1. The molecule has 1 aromatic rings. The summed E-state index contributed by atoms with van der Waals surface area (Å²) in [6.45, 7) is 4.04. The smallest absolute Gasteiger partial charge is 0.407 e. The number of hydrogen-bond donors (Lipinski definition) is 2. The van der Waals surface area contributed by atoms with Crippen LogP contribution in [0.15, 0.2) is 36.9 Å². The van der Waals surface area contributed by atoms with E-state index in [1.54, 1.807) is 0 Å². The molecule has 5 heteroatoms. The molecule has 5 nitrogen and oxygen atoms in total. The van der Waals surface area contributed by atoms with Gasteiger partial charge in [-0.2, -0.15) is 0 Å². The SMILES string of the molecule is C=CCOC(=O)NCc1ccc(CCCC(=O)O)cc1. The van der Waals surface area contributed by atoms with Crippen LogP contribution in [0.3, 0.4) is 0 Å². The maximum absolute atomic E-state index is 11.2. The van der Waals surface area contributed by atoms with E-state index in [9.17, 15) is 9.59 Å². The number of alkyl carbamates (subject to hydrolysis) is 1. The van der Waals surface area contributed by atoms with Crippen LogP contribution in [0.2, 0.25) is 0 Å². The summed E-state index contributed by atoms with van der Waals surface area (Å²) >= 11 is 0. The first-order valence-electron chi connectivity index (χ1n) is 6.43. The topological polar surface area (TPSA) is 75.6 Å². The maximum atomic E-state index is 11.2. The Morgan fingerprint density at radius 1 is 1.25 bits per heavy atom. The fourth-order valence-electron chi connectivity index (χ4n) is 1.63. The number of benzene rings is 1. The first-order chi connectivity index (χ1) is 9.61. The predicted octanol–water partition coefficient (Wildman–Crippen LogP) is 2.51. The molecular formula is C15H19NO4. The van der Waals surface area contributed by atoms with E-state index in [-0.39, 0.29) is 13.0 Å². The molecule has 0 saturated carbocycles. The predicted molar refractivity (Wildman–Crippen MR) is 75.4 cm³/mol. The summed E-state index contributed by atoms with van der Waals surface area (Å²) in [7, 11) is 0. The van der Waals surface area contributed by atoms with E-state index in [1.807, 2.05) is 24.3 Å². The number of carboxylic acid groups (broad SMARTS) is 1. The Kier molecular flexibility index (Phi) is 6.89. The van der Waals surface area contributed by atoms with Gasteiger partial charge in [-0.3, -0.25) is 4.79 Å². The molecule has 0 heterocycles. The highest BCUT2D eigenvalue weighted by Crippen LogP contribution is 2.08. The molecule has 0 aromatic heterocycles. The van der Waals surface area contributed by atoms with E-state index in [0.717, 1.165) is 17.5 Å². The van der Waals surface area contributed by atoms with Crippen molar-refractivity contribution >= 4 is 12.1 Å². The number of carbonyl (C=O) groups is 2. The van der Waals surface area contributed by atoms with Gasteiger partial charge in [0.05, 0.1) is 0 Å². The molecule has 0 bridgehead atoms. The Morgan fingerprint density at radius 3 is 2.50 bits per heavy atom. The van der Waals surface area contributed by atoms with Gasteiger partial charge in [0.15, 0.2) is 0 Å². The van der Waals surface area contributed by atoms with Crippen LogP contribution >= 0.6 is 0 Å². The Morgan fingerprint density at radius 2 is 1.90 bits per heavy atom. The Labute approximate surface area is 118 Å². The first kappa shape index (κ1) is 15.8. The molecule has 1 aromatic carbocycles. The summed E-state index contributed by atoms with van der Waals surface area (Å²) in [5.41, 5.74) is 2.05. The highest BCUT2D eigenvalue weighted by Gasteiger charge is 2.02. The van der Waals surface area contributed by atoms with Crippen LogP contribution in [0.1, 0.15) is 24.0 Å². The molecule has 0 saturated heterocycles. The lowest BCUT2D eigenvalue weighted by atomic mass is 10.1. The Balaban J connectivity index is 2.32. The van der Waals surface area contributed by atoms with Crippen molar-refractivity contribution in [3.8, 4) is 0 Å². The molecule has 0 aliphatic rings. The molecule has 1 amide bonds. The van der Waals surface area contributed by atoms with Crippen molar-refractivity contribution in [2.75, 3.05) is 6.61 Å². The van der Waals surface area contributed by atoms with Crippen molar-refractivity contribution in [1.82, 2.24) is 5.32 Å². The van der Waals surface area contributed by atoms with Crippen molar-refractivity contribution in [2.24, 2.45) is 0 Å². The lowest BCUT2D eigenvalue weighted by Gasteiger charge is -2.06. The van der Waals surface area contributed by atoms with E-state index < -0.39 is 12.1 Å². The third kappa shape index (κ3) is 6.58. The molecule has 0 atom stereocenters. The number of rotatable bonds is 8. The van der Waals surface area contributed by atoms with Gasteiger partial charge in [0.25, 0.3) is 0 Å². The van der Waals surface area contributed by atoms with Crippen LogP contribution < -0.4 is 5.32 Å². The minimum Gasteiger partial charge on any atom is -0.481 e. The van der Waals surface area contributed by atoms with E-state index in [0.29, 0.717) is 13.0 Å². The highest BCUT2D eigenvalue weighted by atomic mass is 16.5. The molecular weight excluding hydrogens is 258 g/mol. The highest BCUT2D eigenvalue weighted by molar-refractivity contribution is 5.67. The van der Waals surface area contributed by atoms with Crippen molar-refractivity contribution in [2.45, 2.75) is 25.8 Å². The molecule has 0 radical (unpaired) electrons. The maximum Gasteiger partial charge on any atom is 0.407 e. The summed E-state index contributed by atoms with van der Waals surface area (Å²) < 4.78 is 4.79. The minimum atomic E-state index is -0.774. The molecule has 0 spiro atoms. The quantitative estimate of drug-likeness (QED) is 0.716. The lowest BCUT2D eigenvalue weighted by molar-refractivity contribution is -0.137. The second-order valence-corrected chi connectivity index (χ2v) is 4.30. The number of carbonyl (C=O) groups excluding carboxylic acids is 1. The van der Waals surface area contributed by atoms with Gasteiger partial charge in [-0.1, -0.05) is 36.9 Å². The average molecular weight is 277 g/mol. The molecule has 0 aliphatic heterocycles. The van der Waals surface area contributed by atoms with Gasteiger partial charge < -0.3 is 15.2 Å². The summed E-state index contributed by atoms with van der Waals surface area (Å²) in [5, 5.41) is 11.2. The Bertz CT molecular complexity index is 453. The zero-order valence-electron chi connectivity index (χ0n) is 11.3. The number of carboxylic acids is 1. The molecule has 1 rings (SSSR count). The summed E-state index contributed by atoms with van der Waals surface area (Å²) in [5.74, 6) is -0.774. The van der Waals surface area contributed by atoms with E-state index in [2.05, 4.69) is 11.9 Å². The average Bonchev–Trinajstić information content (AvgIpc) is 2.44. The van der Waals surface area contributed by atoms with Crippen LogP contribution in [0.5, 0.6) is 0 Å². The van der Waals surface area contributed by atoms with E-state index in [1.165, 1.54) is 6.08 Å². The van der Waals surface area contributed by atoms with Gasteiger partial charge in [-0.15, -0.1) is 0 Å². The van der Waals surface area contributed by atoms with Gasteiger partial charge in [0, 0.05) is 13.0 Å². The second kappa shape index (κ2) is 8.74. The standard InChI is InChI=1S/C15H19NO4/c1-2-10-20-15(19)16-11-13-8-6-12(7-9-13)4-3-5-14(17)18/h2,6-9H,1,3-5,10-11H2,(H,16,19)(H,17,18). The molecule has 2 N–H and O–H groups in total. The minimum absolute atomic E-state index is 0.179. The summed E-state index contributed by atoms with van der Waals surface area (Å²) in [6.07, 6.45) is 2.57. The first-order valence-corrected chi connectivity index (χ1v) is 6.43. The van der Waals surface area contributed by atoms with Gasteiger partial charge in [0.1, 0.15) is 6.61 Å². The summed E-state index contributed by atoms with van der Waals surface area (Å²) in [6, 6.07) is 7.69. The van der Waals surface area contributed by atoms with Crippen LogP contribution in [0, 0.1) is 0 Å². The fraction of sp³-hybridized carbons (Fsp3) is 0.333. The van der Waals surface area contributed by atoms with Gasteiger partial charge >= 0.3 is 12.1 Å². The molecule has 0 fully saturated rings. The zero-order chi connectivity index (χ0) is 14.8. The monoisotopic (exact) mass is 277 g/mol. The third-order valence-electron chi connectivity index (χ3n) is 2.65. The number of hydrogen-bond acceptors (Lipinski definition) is 3. The van der Waals surface area contributed by atoms with Crippen LogP contribution in [-0.4, -0.2) is 23.8 Å². The van der Waals surface area contributed by atoms with Crippen molar-refractivity contribution < 1.29 is 19.4 Å². The lowest BCUT2D eigenvalue weighted by Crippen LogP contribution is -2.23. The van der Waals surface area contributed by atoms with Crippen LogP contribution in [0.25, 0.3) is 0 Å². The number of amides is 1. The van der Waals surface area contributed by atoms with Gasteiger partial charge in [-0.25, -0.2) is 4.79 Å². The van der Waals surface area contributed by atoms with E-state index in [4.69, 9.17) is 9.84 Å².